The van der Waals surface area contributed by atoms with Crippen molar-refractivity contribution in [3.8, 4) is 5.75 Å². The molecule has 2 aromatic heterocycles. The monoisotopic (exact) mass is 356 g/mol. The zero-order chi connectivity index (χ0) is 19.0. The van der Waals surface area contributed by atoms with Crippen molar-refractivity contribution in [2.75, 3.05) is 6.61 Å². The van der Waals surface area contributed by atoms with Crippen LogP contribution in [0.1, 0.15) is 30.2 Å². The summed E-state index contributed by atoms with van der Waals surface area (Å²) in [6, 6.07) is 6.20. The molecule has 1 aromatic carbocycles. The molecule has 0 N–H and O–H groups in total. The average molecular weight is 356 g/mol. The standard InChI is InChI=1S/C18H20N4O4/c1-5-26-13-8-6-12(7-9-13)15(23)11(2)22-10-19-16-14(22)17(24)21(4)18(25)20(16)3/h6-11H,5H2,1-4H3/t11-/m1/s1. The smallest absolute Gasteiger partial charge is 0.332 e. The van der Waals surface area contributed by atoms with Crippen LogP contribution in [-0.2, 0) is 14.1 Å². The number of hydrogen-bond donors (Lipinski definition) is 0. The quantitative estimate of drug-likeness (QED) is 0.643. The lowest BCUT2D eigenvalue weighted by atomic mass is 10.1. The number of Topliss-reactive ketones (excluding diaryl/α,β-unsaturated/α-hetero) is 1. The fourth-order valence-electron chi connectivity index (χ4n) is 2.91. The number of ether oxygens (including phenoxy) is 1. The summed E-state index contributed by atoms with van der Waals surface area (Å²) < 4.78 is 9.19. The molecule has 26 heavy (non-hydrogen) atoms. The summed E-state index contributed by atoms with van der Waals surface area (Å²) in [6.07, 6.45) is 1.42. The highest BCUT2D eigenvalue weighted by molar-refractivity contribution is 5.99. The van der Waals surface area contributed by atoms with Gasteiger partial charge in [-0.15, -0.1) is 0 Å². The molecule has 0 unspecified atom stereocenters. The van der Waals surface area contributed by atoms with Crippen LogP contribution < -0.4 is 16.0 Å². The average Bonchev–Trinajstić information content (AvgIpc) is 3.09. The number of hydrogen-bond acceptors (Lipinski definition) is 5. The predicted molar refractivity (Wildman–Crippen MR) is 96.9 cm³/mol. The lowest BCUT2D eigenvalue weighted by molar-refractivity contribution is 0.0936. The number of rotatable bonds is 5. The molecule has 0 saturated carbocycles. The van der Waals surface area contributed by atoms with E-state index in [1.807, 2.05) is 6.92 Å². The fraction of sp³-hybridized carbons (Fsp3) is 0.333. The Balaban J connectivity index is 2.05. The number of imidazole rings is 1. The first kappa shape index (κ1) is 17.7. The van der Waals surface area contributed by atoms with E-state index in [1.54, 1.807) is 38.2 Å². The number of fused-ring (bicyclic) bond motifs is 1. The summed E-state index contributed by atoms with van der Waals surface area (Å²) in [6.45, 7) is 4.14. The highest BCUT2D eigenvalue weighted by atomic mass is 16.5. The van der Waals surface area contributed by atoms with Crippen molar-refractivity contribution in [1.82, 2.24) is 18.7 Å². The Bertz CT molecular complexity index is 1090. The van der Waals surface area contributed by atoms with E-state index in [0.29, 0.717) is 17.9 Å². The van der Waals surface area contributed by atoms with Crippen LogP contribution in [0.3, 0.4) is 0 Å². The molecule has 0 bridgehead atoms. The van der Waals surface area contributed by atoms with Crippen molar-refractivity contribution in [3.05, 3.63) is 57.0 Å². The number of carbonyl (C=O) groups is 1. The molecule has 2 heterocycles. The van der Waals surface area contributed by atoms with E-state index in [4.69, 9.17) is 4.74 Å². The maximum atomic E-state index is 12.8. The molecule has 0 aliphatic carbocycles. The van der Waals surface area contributed by atoms with E-state index in [1.165, 1.54) is 22.5 Å². The van der Waals surface area contributed by atoms with Crippen LogP contribution in [0, 0.1) is 0 Å². The van der Waals surface area contributed by atoms with Gasteiger partial charge in [0.1, 0.15) is 5.75 Å². The molecule has 0 radical (unpaired) electrons. The minimum atomic E-state index is -0.650. The highest BCUT2D eigenvalue weighted by Gasteiger charge is 2.22. The Morgan fingerprint density at radius 1 is 1.15 bits per heavy atom. The summed E-state index contributed by atoms with van der Waals surface area (Å²) in [5.74, 6) is 0.525. The van der Waals surface area contributed by atoms with Gasteiger partial charge in [0, 0.05) is 19.7 Å². The summed E-state index contributed by atoms with van der Waals surface area (Å²) in [7, 11) is 2.95. The predicted octanol–water partition coefficient (Wildman–Crippen LogP) is 1.28. The molecule has 0 aliphatic rings. The van der Waals surface area contributed by atoms with Crippen molar-refractivity contribution in [2.24, 2.45) is 14.1 Å². The van der Waals surface area contributed by atoms with Crippen LogP contribution in [-0.4, -0.2) is 31.1 Å². The lowest BCUT2D eigenvalue weighted by Crippen LogP contribution is -2.38. The zero-order valence-electron chi connectivity index (χ0n) is 15.1. The van der Waals surface area contributed by atoms with Crippen LogP contribution in [0.2, 0.25) is 0 Å². The molecular formula is C18H20N4O4. The molecule has 8 nitrogen and oxygen atoms in total. The first-order valence-electron chi connectivity index (χ1n) is 8.26. The Morgan fingerprint density at radius 3 is 2.42 bits per heavy atom. The number of carbonyl (C=O) groups excluding carboxylic acids is 1. The van der Waals surface area contributed by atoms with Gasteiger partial charge in [-0.3, -0.25) is 18.7 Å². The second kappa shape index (κ2) is 6.62. The topological polar surface area (TPSA) is 88.1 Å². The van der Waals surface area contributed by atoms with E-state index < -0.39 is 17.3 Å². The molecule has 0 amide bonds. The van der Waals surface area contributed by atoms with Gasteiger partial charge in [-0.05, 0) is 38.1 Å². The van der Waals surface area contributed by atoms with E-state index in [0.717, 1.165) is 4.57 Å². The third-order valence-electron chi connectivity index (χ3n) is 4.42. The van der Waals surface area contributed by atoms with E-state index in [9.17, 15) is 14.4 Å². The molecular weight excluding hydrogens is 336 g/mol. The molecule has 0 saturated heterocycles. The van der Waals surface area contributed by atoms with Crippen molar-refractivity contribution < 1.29 is 9.53 Å². The van der Waals surface area contributed by atoms with E-state index >= 15 is 0 Å². The van der Waals surface area contributed by atoms with Gasteiger partial charge in [-0.2, -0.15) is 0 Å². The third kappa shape index (κ3) is 2.73. The van der Waals surface area contributed by atoms with Gasteiger partial charge in [-0.1, -0.05) is 0 Å². The molecule has 0 aliphatic heterocycles. The molecule has 0 fully saturated rings. The van der Waals surface area contributed by atoms with Crippen molar-refractivity contribution in [1.29, 1.82) is 0 Å². The first-order valence-corrected chi connectivity index (χ1v) is 8.26. The van der Waals surface area contributed by atoms with Gasteiger partial charge >= 0.3 is 5.69 Å². The Labute approximate surface area is 149 Å². The van der Waals surface area contributed by atoms with E-state index in [-0.39, 0.29) is 16.9 Å². The van der Waals surface area contributed by atoms with Gasteiger partial charge in [-0.25, -0.2) is 9.78 Å². The van der Waals surface area contributed by atoms with Gasteiger partial charge in [0.05, 0.1) is 19.0 Å². The Hall–Kier alpha value is -3.16. The summed E-state index contributed by atoms with van der Waals surface area (Å²) in [5, 5.41) is 0. The lowest BCUT2D eigenvalue weighted by Gasteiger charge is -2.14. The number of ketones is 1. The second-order valence-electron chi connectivity index (χ2n) is 6.03. The largest absolute Gasteiger partial charge is 0.494 e. The normalized spacial score (nSPS) is 12.3. The number of nitrogens with zero attached hydrogens (tertiary/aromatic N) is 4. The fourth-order valence-corrected chi connectivity index (χ4v) is 2.91. The number of aryl methyl sites for hydroxylation is 1. The van der Waals surface area contributed by atoms with Gasteiger partial charge in [0.15, 0.2) is 16.9 Å². The minimum absolute atomic E-state index is 0.164. The molecule has 3 rings (SSSR count). The van der Waals surface area contributed by atoms with Crippen LogP contribution in [0.15, 0.2) is 40.2 Å². The van der Waals surface area contributed by atoms with Crippen LogP contribution in [0.5, 0.6) is 5.75 Å². The molecule has 1 atom stereocenters. The Kier molecular flexibility index (Phi) is 4.50. The van der Waals surface area contributed by atoms with Gasteiger partial charge < -0.3 is 9.30 Å². The highest BCUT2D eigenvalue weighted by Crippen LogP contribution is 2.20. The molecule has 136 valence electrons. The molecule has 3 aromatic rings. The van der Waals surface area contributed by atoms with Crippen molar-refractivity contribution in [2.45, 2.75) is 19.9 Å². The van der Waals surface area contributed by atoms with Crippen molar-refractivity contribution in [3.63, 3.8) is 0 Å². The minimum Gasteiger partial charge on any atom is -0.494 e. The van der Waals surface area contributed by atoms with Crippen LogP contribution in [0.25, 0.3) is 11.2 Å². The maximum absolute atomic E-state index is 12.8. The SMILES string of the molecule is CCOc1ccc(C(=O)[C@@H](C)n2cnc3c2c(=O)n(C)c(=O)n3C)cc1. The van der Waals surface area contributed by atoms with Crippen molar-refractivity contribution >= 4 is 16.9 Å². The van der Waals surface area contributed by atoms with E-state index in [2.05, 4.69) is 4.98 Å². The van der Waals surface area contributed by atoms with Gasteiger partial charge in [0.25, 0.3) is 5.56 Å². The maximum Gasteiger partial charge on any atom is 0.332 e. The summed E-state index contributed by atoms with van der Waals surface area (Å²) >= 11 is 0. The van der Waals surface area contributed by atoms with Crippen LogP contribution in [0.4, 0.5) is 0 Å². The zero-order valence-corrected chi connectivity index (χ0v) is 15.1. The first-order chi connectivity index (χ1) is 12.4. The van der Waals surface area contributed by atoms with Crippen LogP contribution >= 0.6 is 0 Å². The Morgan fingerprint density at radius 2 is 1.81 bits per heavy atom. The van der Waals surface area contributed by atoms with Gasteiger partial charge in [0.2, 0.25) is 0 Å². The summed E-state index contributed by atoms with van der Waals surface area (Å²) in [5.41, 5.74) is 0.0421. The number of benzene rings is 1. The summed E-state index contributed by atoms with van der Waals surface area (Å²) in [4.78, 5) is 41.5. The third-order valence-corrected chi connectivity index (χ3v) is 4.42. The molecule has 8 heteroatoms. The second-order valence-corrected chi connectivity index (χ2v) is 6.03. The molecule has 0 spiro atoms. The number of aromatic nitrogens is 4.